The van der Waals surface area contributed by atoms with Gasteiger partial charge in [-0.25, -0.2) is 13.1 Å². The van der Waals surface area contributed by atoms with Crippen molar-refractivity contribution in [3.63, 3.8) is 0 Å². The Hall–Kier alpha value is -0.960. The molecule has 0 bridgehead atoms. The molecule has 0 unspecified atom stereocenters. The molecule has 1 aromatic rings. The quantitative estimate of drug-likeness (QED) is 0.756. The molecule has 0 saturated heterocycles. The molecule has 1 fully saturated rings. The number of aromatic nitrogens is 2. The summed E-state index contributed by atoms with van der Waals surface area (Å²) in [5.74, 6) is 0. The molecule has 2 rings (SSSR count). The Labute approximate surface area is 125 Å². The molecule has 1 heterocycles. The summed E-state index contributed by atoms with van der Waals surface area (Å²) in [6, 6.07) is -0.0699. The van der Waals surface area contributed by atoms with Gasteiger partial charge in [0.2, 0.25) is 10.0 Å². The van der Waals surface area contributed by atoms with E-state index in [9.17, 15) is 8.42 Å². The summed E-state index contributed by atoms with van der Waals surface area (Å²) in [7, 11) is -1.94. The average molecular weight is 317 g/mol. The SMILES string of the molecule is COC1CC(NS(=O)(=O)c2c(C)nn(CCCO)c2C)C1. The first-order valence-electron chi connectivity index (χ1n) is 7.09. The number of hydrogen-bond acceptors (Lipinski definition) is 5. The van der Waals surface area contributed by atoms with Crippen LogP contribution in [-0.2, 0) is 21.3 Å². The molecule has 1 aromatic heterocycles. The van der Waals surface area contributed by atoms with Crippen molar-refractivity contribution in [3.05, 3.63) is 11.4 Å². The summed E-state index contributed by atoms with van der Waals surface area (Å²) in [6.45, 7) is 3.99. The molecular weight excluding hydrogens is 294 g/mol. The maximum absolute atomic E-state index is 12.5. The number of aliphatic hydroxyl groups is 1. The summed E-state index contributed by atoms with van der Waals surface area (Å²) < 4.78 is 34.5. The van der Waals surface area contributed by atoms with Gasteiger partial charge in [0.05, 0.1) is 17.5 Å². The van der Waals surface area contributed by atoms with Crippen LogP contribution in [-0.4, -0.2) is 49.2 Å². The van der Waals surface area contributed by atoms with Gasteiger partial charge >= 0.3 is 0 Å². The zero-order chi connectivity index (χ0) is 15.6. The van der Waals surface area contributed by atoms with E-state index in [1.807, 2.05) is 0 Å². The highest BCUT2D eigenvalue weighted by atomic mass is 32.2. The van der Waals surface area contributed by atoms with Crippen LogP contribution < -0.4 is 4.72 Å². The molecule has 120 valence electrons. The van der Waals surface area contributed by atoms with E-state index in [-0.39, 0.29) is 23.6 Å². The third-order valence-electron chi connectivity index (χ3n) is 3.86. The summed E-state index contributed by atoms with van der Waals surface area (Å²) >= 11 is 0. The second-order valence-electron chi connectivity index (χ2n) is 5.45. The lowest BCUT2D eigenvalue weighted by atomic mass is 9.90. The number of nitrogens with zero attached hydrogens (tertiary/aromatic N) is 2. The molecule has 0 atom stereocenters. The van der Waals surface area contributed by atoms with Gasteiger partial charge in [-0.05, 0) is 33.1 Å². The van der Waals surface area contributed by atoms with Crippen molar-refractivity contribution in [3.8, 4) is 0 Å². The smallest absolute Gasteiger partial charge is 0.244 e. The molecule has 0 aromatic carbocycles. The standard InChI is InChI=1S/C13H23N3O4S/c1-9-13(10(2)16(14-9)5-4-6-17)21(18,19)15-11-7-12(8-11)20-3/h11-12,15,17H,4-8H2,1-3H3. The monoisotopic (exact) mass is 317 g/mol. The molecule has 21 heavy (non-hydrogen) atoms. The van der Waals surface area contributed by atoms with E-state index < -0.39 is 10.0 Å². The highest BCUT2D eigenvalue weighted by Gasteiger charge is 2.34. The van der Waals surface area contributed by atoms with E-state index in [0.29, 0.717) is 37.2 Å². The number of ether oxygens (including phenoxy) is 1. The molecule has 0 amide bonds. The molecule has 1 aliphatic rings. The van der Waals surface area contributed by atoms with Gasteiger partial charge in [-0.1, -0.05) is 0 Å². The Balaban J connectivity index is 2.14. The van der Waals surface area contributed by atoms with Crippen molar-refractivity contribution >= 4 is 10.0 Å². The zero-order valence-electron chi connectivity index (χ0n) is 12.7. The Morgan fingerprint density at radius 2 is 2.10 bits per heavy atom. The topological polar surface area (TPSA) is 93.5 Å². The zero-order valence-corrected chi connectivity index (χ0v) is 13.5. The maximum Gasteiger partial charge on any atom is 0.244 e. The lowest BCUT2D eigenvalue weighted by Crippen LogP contribution is -2.47. The first-order valence-corrected chi connectivity index (χ1v) is 8.57. The summed E-state index contributed by atoms with van der Waals surface area (Å²) in [4.78, 5) is 0.251. The highest BCUT2D eigenvalue weighted by molar-refractivity contribution is 7.89. The minimum atomic E-state index is -3.57. The summed E-state index contributed by atoms with van der Waals surface area (Å²) in [6.07, 6.45) is 2.10. The molecule has 2 N–H and O–H groups in total. The van der Waals surface area contributed by atoms with Gasteiger partial charge in [0.25, 0.3) is 0 Å². The van der Waals surface area contributed by atoms with Crippen LogP contribution in [0.4, 0.5) is 0 Å². The normalized spacial score (nSPS) is 22.3. The molecule has 0 spiro atoms. The summed E-state index contributed by atoms with van der Waals surface area (Å²) in [5, 5.41) is 13.1. The second-order valence-corrected chi connectivity index (χ2v) is 7.10. The Kier molecular flexibility index (Phi) is 5.03. The largest absolute Gasteiger partial charge is 0.396 e. The number of aliphatic hydroxyl groups excluding tert-OH is 1. The molecule has 8 heteroatoms. The van der Waals surface area contributed by atoms with Crippen LogP contribution >= 0.6 is 0 Å². The van der Waals surface area contributed by atoms with Crippen LogP contribution in [0, 0.1) is 13.8 Å². The molecule has 7 nitrogen and oxygen atoms in total. The van der Waals surface area contributed by atoms with Gasteiger partial charge in [0, 0.05) is 26.3 Å². The number of nitrogens with one attached hydrogen (secondary N) is 1. The van der Waals surface area contributed by atoms with Crippen LogP contribution in [0.5, 0.6) is 0 Å². The molecular formula is C13H23N3O4S. The van der Waals surface area contributed by atoms with E-state index in [0.717, 1.165) is 0 Å². The summed E-state index contributed by atoms with van der Waals surface area (Å²) in [5.41, 5.74) is 1.09. The predicted molar refractivity (Wildman–Crippen MR) is 77.5 cm³/mol. The molecule has 1 saturated carbocycles. The van der Waals surface area contributed by atoms with Crippen molar-refractivity contribution < 1.29 is 18.3 Å². The lowest BCUT2D eigenvalue weighted by molar-refractivity contribution is 0.0236. The Morgan fingerprint density at radius 1 is 1.43 bits per heavy atom. The Morgan fingerprint density at radius 3 is 2.67 bits per heavy atom. The van der Waals surface area contributed by atoms with Crippen molar-refractivity contribution in [1.82, 2.24) is 14.5 Å². The van der Waals surface area contributed by atoms with Crippen LogP contribution in [0.25, 0.3) is 0 Å². The van der Waals surface area contributed by atoms with Gasteiger partial charge in [-0.2, -0.15) is 5.10 Å². The molecule has 0 aliphatic heterocycles. The predicted octanol–water partition coefficient (Wildman–Crippen LogP) is 0.338. The van der Waals surface area contributed by atoms with Crippen LogP contribution in [0.1, 0.15) is 30.7 Å². The first-order chi connectivity index (χ1) is 9.89. The van der Waals surface area contributed by atoms with Crippen molar-refractivity contribution in [2.45, 2.75) is 56.7 Å². The number of hydrogen-bond donors (Lipinski definition) is 2. The van der Waals surface area contributed by atoms with E-state index in [2.05, 4.69) is 9.82 Å². The number of sulfonamides is 1. The van der Waals surface area contributed by atoms with Gasteiger partial charge in [0.1, 0.15) is 4.90 Å². The van der Waals surface area contributed by atoms with Crippen molar-refractivity contribution in [1.29, 1.82) is 0 Å². The van der Waals surface area contributed by atoms with Crippen LogP contribution in [0.3, 0.4) is 0 Å². The van der Waals surface area contributed by atoms with Crippen molar-refractivity contribution in [2.75, 3.05) is 13.7 Å². The van der Waals surface area contributed by atoms with Gasteiger partial charge < -0.3 is 9.84 Å². The van der Waals surface area contributed by atoms with Crippen molar-refractivity contribution in [2.24, 2.45) is 0 Å². The minimum Gasteiger partial charge on any atom is -0.396 e. The lowest BCUT2D eigenvalue weighted by Gasteiger charge is -2.34. The van der Waals surface area contributed by atoms with Crippen LogP contribution in [0.15, 0.2) is 4.90 Å². The molecule has 1 aliphatic carbocycles. The number of methoxy groups -OCH3 is 1. The third kappa shape index (κ3) is 3.45. The van der Waals surface area contributed by atoms with Gasteiger partial charge in [-0.15, -0.1) is 0 Å². The number of aryl methyl sites for hydroxylation is 2. The van der Waals surface area contributed by atoms with E-state index in [1.54, 1.807) is 25.6 Å². The van der Waals surface area contributed by atoms with E-state index >= 15 is 0 Å². The minimum absolute atomic E-state index is 0.0547. The second kappa shape index (κ2) is 6.43. The fourth-order valence-electron chi connectivity index (χ4n) is 2.64. The van der Waals surface area contributed by atoms with E-state index in [1.165, 1.54) is 0 Å². The fraction of sp³-hybridized carbons (Fsp3) is 0.769. The fourth-order valence-corrected chi connectivity index (χ4v) is 4.31. The number of rotatable bonds is 7. The van der Waals surface area contributed by atoms with Gasteiger partial charge in [0.15, 0.2) is 0 Å². The maximum atomic E-state index is 12.5. The third-order valence-corrected chi connectivity index (χ3v) is 5.63. The van der Waals surface area contributed by atoms with E-state index in [4.69, 9.17) is 9.84 Å². The first kappa shape index (κ1) is 16.4. The highest BCUT2D eigenvalue weighted by Crippen LogP contribution is 2.26. The average Bonchev–Trinajstić information content (AvgIpc) is 2.66. The molecule has 0 radical (unpaired) electrons. The van der Waals surface area contributed by atoms with Gasteiger partial charge in [-0.3, -0.25) is 4.68 Å². The Bertz CT molecular complexity index is 591. The van der Waals surface area contributed by atoms with Crippen LogP contribution in [0.2, 0.25) is 0 Å².